The number of nitrogens with zero attached hydrogens (tertiary/aromatic N) is 1. The van der Waals surface area contributed by atoms with E-state index in [0.717, 1.165) is 16.7 Å². The third kappa shape index (κ3) is 2.48. The van der Waals surface area contributed by atoms with E-state index in [1.165, 1.54) is 6.07 Å². The highest BCUT2D eigenvalue weighted by Crippen LogP contribution is 2.09. The van der Waals surface area contributed by atoms with Gasteiger partial charge in [0.25, 0.3) is 5.56 Å². The van der Waals surface area contributed by atoms with Crippen molar-refractivity contribution in [3.63, 3.8) is 0 Å². The molecule has 2 aromatic rings. The lowest BCUT2D eigenvalue weighted by atomic mass is 10.2. The zero-order valence-corrected chi connectivity index (χ0v) is 9.67. The smallest absolute Gasteiger partial charge is 0.298 e. The van der Waals surface area contributed by atoms with Crippen LogP contribution in [0.4, 0.5) is 8.78 Å². The summed E-state index contributed by atoms with van der Waals surface area (Å²) in [6.07, 6.45) is 0. The zero-order valence-electron chi connectivity index (χ0n) is 8.91. The molecule has 1 N–H and O–H groups in total. The van der Waals surface area contributed by atoms with Gasteiger partial charge in [-0.2, -0.15) is 0 Å². The summed E-state index contributed by atoms with van der Waals surface area (Å²) in [6.45, 7) is -0.294. The maximum Gasteiger partial charge on any atom is 0.329 e. The molecule has 0 aliphatic rings. The van der Waals surface area contributed by atoms with Crippen molar-refractivity contribution in [1.29, 1.82) is 0 Å². The lowest BCUT2D eigenvalue weighted by Gasteiger charge is -2.05. The monoisotopic (exact) mass is 272 g/mol. The molecule has 0 spiro atoms. The maximum absolute atomic E-state index is 13.4. The van der Waals surface area contributed by atoms with Gasteiger partial charge < -0.3 is 0 Å². The van der Waals surface area contributed by atoms with Crippen molar-refractivity contribution >= 4 is 11.6 Å². The highest BCUT2D eigenvalue weighted by molar-refractivity contribution is 6.29. The fourth-order valence-corrected chi connectivity index (χ4v) is 1.64. The Bertz CT molecular complexity index is 678. The molecule has 0 saturated heterocycles. The lowest BCUT2D eigenvalue weighted by molar-refractivity contribution is 0.560. The second kappa shape index (κ2) is 4.73. The second-order valence-corrected chi connectivity index (χ2v) is 3.99. The number of H-pyrrole nitrogens is 1. The van der Waals surface area contributed by atoms with E-state index in [2.05, 4.69) is 4.98 Å². The molecule has 4 nitrogen and oxygen atoms in total. The summed E-state index contributed by atoms with van der Waals surface area (Å²) in [7, 11) is 0. The van der Waals surface area contributed by atoms with E-state index in [1.54, 1.807) is 0 Å². The minimum atomic E-state index is -0.823. The summed E-state index contributed by atoms with van der Waals surface area (Å²) < 4.78 is 26.9. The molecule has 1 heterocycles. The lowest BCUT2D eigenvalue weighted by Crippen LogP contribution is -2.35. The van der Waals surface area contributed by atoms with Gasteiger partial charge >= 0.3 is 5.69 Å². The van der Waals surface area contributed by atoms with Gasteiger partial charge in [-0.05, 0) is 6.07 Å². The predicted octanol–water partition coefficient (Wildman–Crippen LogP) is 1.52. The molecule has 1 aromatic carbocycles. The summed E-state index contributed by atoms with van der Waals surface area (Å²) >= 11 is 5.48. The van der Waals surface area contributed by atoms with Crippen molar-refractivity contribution < 1.29 is 8.78 Å². The van der Waals surface area contributed by atoms with Crippen molar-refractivity contribution in [1.82, 2.24) is 9.55 Å². The molecule has 0 atom stereocenters. The Hall–Kier alpha value is -1.95. The number of nitrogens with one attached hydrogen (secondary N) is 1. The average Bonchev–Trinajstić information content (AvgIpc) is 2.25. The molecule has 0 saturated carbocycles. The topological polar surface area (TPSA) is 54.9 Å². The van der Waals surface area contributed by atoms with Gasteiger partial charge in [0.2, 0.25) is 0 Å². The first-order valence-corrected chi connectivity index (χ1v) is 5.29. The quantitative estimate of drug-likeness (QED) is 0.843. The number of benzene rings is 1. The Morgan fingerprint density at radius 2 is 1.94 bits per heavy atom. The van der Waals surface area contributed by atoms with Crippen LogP contribution in [-0.4, -0.2) is 9.55 Å². The molecule has 0 aliphatic heterocycles. The normalized spacial score (nSPS) is 10.6. The molecular formula is C11H7ClF2N2O2. The minimum Gasteiger partial charge on any atom is -0.298 e. The fraction of sp³-hybridized carbons (Fsp3) is 0.0909. The largest absolute Gasteiger partial charge is 0.329 e. The maximum atomic E-state index is 13.4. The van der Waals surface area contributed by atoms with Crippen molar-refractivity contribution in [2.45, 2.75) is 6.54 Å². The Balaban J connectivity index is 2.47. The molecule has 7 heteroatoms. The molecule has 0 fully saturated rings. The van der Waals surface area contributed by atoms with Crippen LogP contribution in [0.3, 0.4) is 0 Å². The van der Waals surface area contributed by atoms with Crippen LogP contribution in [0.2, 0.25) is 5.15 Å². The van der Waals surface area contributed by atoms with Gasteiger partial charge in [0.05, 0.1) is 6.54 Å². The van der Waals surface area contributed by atoms with Crippen LogP contribution >= 0.6 is 11.6 Å². The number of aromatic nitrogens is 2. The molecular weight excluding hydrogens is 266 g/mol. The Morgan fingerprint density at radius 1 is 1.22 bits per heavy atom. The number of hydrogen-bond acceptors (Lipinski definition) is 2. The summed E-state index contributed by atoms with van der Waals surface area (Å²) in [6, 6.07) is 3.91. The zero-order chi connectivity index (χ0) is 13.3. The third-order valence-electron chi connectivity index (χ3n) is 2.33. The highest BCUT2D eigenvalue weighted by atomic mass is 35.5. The van der Waals surface area contributed by atoms with Crippen molar-refractivity contribution in [2.75, 3.05) is 0 Å². The van der Waals surface area contributed by atoms with E-state index < -0.39 is 22.9 Å². The highest BCUT2D eigenvalue weighted by Gasteiger charge is 2.08. The molecule has 2 rings (SSSR count). The van der Waals surface area contributed by atoms with E-state index in [4.69, 9.17) is 11.6 Å². The first-order chi connectivity index (χ1) is 8.47. The standard InChI is InChI=1S/C11H7ClF2N2O2/c12-9-4-10(17)16(11(18)15-9)5-6-1-2-7(13)3-8(6)14/h1-4H,5H2,(H,15,18). The van der Waals surface area contributed by atoms with E-state index in [0.29, 0.717) is 6.07 Å². The Morgan fingerprint density at radius 3 is 2.56 bits per heavy atom. The number of aromatic amines is 1. The Kier molecular flexibility index (Phi) is 3.29. The van der Waals surface area contributed by atoms with Crippen molar-refractivity contribution in [2.24, 2.45) is 0 Å². The molecule has 0 unspecified atom stereocenters. The van der Waals surface area contributed by atoms with E-state index in [-0.39, 0.29) is 17.3 Å². The average molecular weight is 273 g/mol. The summed E-state index contributed by atoms with van der Waals surface area (Å²) in [4.78, 5) is 25.2. The second-order valence-electron chi connectivity index (χ2n) is 3.58. The molecule has 0 bridgehead atoms. The fourth-order valence-electron chi connectivity index (χ4n) is 1.46. The SMILES string of the molecule is O=c1cc(Cl)[nH]c(=O)n1Cc1ccc(F)cc1F. The van der Waals surface area contributed by atoms with Gasteiger partial charge in [-0.3, -0.25) is 14.3 Å². The van der Waals surface area contributed by atoms with Gasteiger partial charge in [0, 0.05) is 17.7 Å². The van der Waals surface area contributed by atoms with Crippen molar-refractivity contribution in [3.8, 4) is 0 Å². The number of rotatable bonds is 2. The van der Waals surface area contributed by atoms with E-state index >= 15 is 0 Å². The molecule has 18 heavy (non-hydrogen) atoms. The van der Waals surface area contributed by atoms with Gasteiger partial charge in [-0.25, -0.2) is 13.6 Å². The van der Waals surface area contributed by atoms with Gasteiger partial charge in [-0.15, -0.1) is 0 Å². The van der Waals surface area contributed by atoms with Crippen LogP contribution in [0.1, 0.15) is 5.56 Å². The van der Waals surface area contributed by atoms with Crippen LogP contribution in [0, 0.1) is 11.6 Å². The summed E-state index contributed by atoms with van der Waals surface area (Å²) in [5.74, 6) is -1.55. The van der Waals surface area contributed by atoms with Gasteiger partial charge in [0.15, 0.2) is 0 Å². The van der Waals surface area contributed by atoms with Crippen LogP contribution in [0.25, 0.3) is 0 Å². The first-order valence-electron chi connectivity index (χ1n) is 4.91. The van der Waals surface area contributed by atoms with Crippen LogP contribution < -0.4 is 11.2 Å². The van der Waals surface area contributed by atoms with Gasteiger partial charge in [-0.1, -0.05) is 17.7 Å². The summed E-state index contributed by atoms with van der Waals surface area (Å²) in [5, 5.41) is -0.0965. The Labute approximate surface area is 104 Å². The van der Waals surface area contributed by atoms with E-state index in [1.807, 2.05) is 0 Å². The predicted molar refractivity (Wildman–Crippen MR) is 61.8 cm³/mol. The minimum absolute atomic E-state index is 0.0336. The van der Waals surface area contributed by atoms with Crippen LogP contribution in [0.15, 0.2) is 33.9 Å². The molecule has 0 radical (unpaired) electrons. The summed E-state index contributed by atoms with van der Waals surface area (Å²) in [5.41, 5.74) is -1.38. The molecule has 0 aliphatic carbocycles. The third-order valence-corrected chi connectivity index (χ3v) is 2.53. The number of hydrogen-bond donors (Lipinski definition) is 1. The number of halogens is 3. The van der Waals surface area contributed by atoms with Crippen LogP contribution in [0.5, 0.6) is 0 Å². The van der Waals surface area contributed by atoms with Gasteiger partial charge in [0.1, 0.15) is 16.8 Å². The first kappa shape index (κ1) is 12.5. The van der Waals surface area contributed by atoms with Crippen molar-refractivity contribution in [3.05, 3.63) is 67.5 Å². The molecule has 1 aromatic heterocycles. The molecule has 94 valence electrons. The molecule has 0 amide bonds. The van der Waals surface area contributed by atoms with E-state index in [9.17, 15) is 18.4 Å². The van der Waals surface area contributed by atoms with Crippen LogP contribution in [-0.2, 0) is 6.54 Å².